The maximum atomic E-state index is 12.9. The van der Waals surface area contributed by atoms with E-state index in [1.165, 1.54) is 57.8 Å². The van der Waals surface area contributed by atoms with E-state index in [1.807, 2.05) is 49.1 Å². The van der Waals surface area contributed by atoms with E-state index in [2.05, 4.69) is 40.3 Å². The number of fused-ring (bicyclic) bond motifs is 3. The zero-order chi connectivity index (χ0) is 40.9. The van der Waals surface area contributed by atoms with E-state index >= 15 is 0 Å². The zero-order valence-electron chi connectivity index (χ0n) is 35.1. The number of aliphatic imine (C=N–C) groups is 1. The van der Waals surface area contributed by atoms with Crippen LogP contribution >= 0.6 is 11.3 Å². The first-order chi connectivity index (χ1) is 28.4. The van der Waals surface area contributed by atoms with Gasteiger partial charge < -0.3 is 30.7 Å². The molecular weight excluding hydrogens is 759 g/mol. The minimum absolute atomic E-state index is 0.0460. The number of aromatic nitrogens is 4. The van der Waals surface area contributed by atoms with Gasteiger partial charge in [-0.2, -0.15) is 0 Å². The summed E-state index contributed by atoms with van der Waals surface area (Å²) in [5, 5.41) is 23.9. The molecule has 4 saturated carbocycles. The molecule has 4 aromatic rings. The molecule has 5 atom stereocenters. The van der Waals surface area contributed by atoms with Crippen molar-refractivity contribution in [2.75, 3.05) is 49.5 Å². The van der Waals surface area contributed by atoms with E-state index in [4.69, 9.17) is 25.4 Å². The number of benzene rings is 1. The van der Waals surface area contributed by atoms with Crippen molar-refractivity contribution in [3.05, 3.63) is 65.0 Å². The largest absolute Gasteiger partial charge is 0.476 e. The highest BCUT2D eigenvalue weighted by Gasteiger charge is 2.60. The number of hydrogen-bond donors (Lipinski definition) is 3. The van der Waals surface area contributed by atoms with Crippen molar-refractivity contribution in [1.82, 2.24) is 25.1 Å². The third-order valence-corrected chi connectivity index (χ3v) is 15.1. The molecule has 0 radical (unpaired) electrons. The minimum Gasteiger partial charge on any atom is -0.476 e. The third-order valence-electron chi connectivity index (χ3n) is 14.1. The number of carboxylic acid groups (broad SMARTS) is 1. The number of nitrogens with two attached hydrogens (primary N) is 1. The molecule has 13 heteroatoms. The van der Waals surface area contributed by atoms with E-state index in [-0.39, 0.29) is 22.1 Å². The Kier molecular flexibility index (Phi) is 10.7. The molecule has 12 nitrogen and oxygen atoms in total. The Morgan fingerprint density at radius 2 is 1.81 bits per heavy atom. The third kappa shape index (κ3) is 7.98. The van der Waals surface area contributed by atoms with E-state index in [1.54, 1.807) is 11.3 Å². The fraction of sp³-hybridized carbons (Fsp3) is 0.565. The van der Waals surface area contributed by atoms with E-state index in [0.717, 1.165) is 77.4 Å². The molecule has 1 aromatic carbocycles. The first kappa shape index (κ1) is 40.0. The Labute approximate surface area is 351 Å². The fourth-order valence-corrected chi connectivity index (χ4v) is 13.0. The standard InChI is InChI=1S/C46H59N9O3S/c1-29-33-11-10-18-55(41(33)53-52-40(29)51-43-49-36-12-6-7-13-37(36)59-43)38-15-14-34(39(50-38)42(56)57)35(24-47)30(2)48-25-32-22-45(4)26-44(3)21-31(32)23-46(27-44,28-45)58-20-19-54-16-8-5-9-17-54/h6-7,12-15,24,31-32H,5,8-11,16-23,25-28,47H2,1-4H3,(H,56,57)(H,49,51,52). The van der Waals surface area contributed by atoms with Crippen molar-refractivity contribution in [2.24, 2.45) is 33.4 Å². The average Bonchev–Trinajstić information content (AvgIpc) is 3.56. The van der Waals surface area contributed by atoms with Crippen LogP contribution in [0, 0.1) is 29.6 Å². The van der Waals surface area contributed by atoms with Crippen molar-refractivity contribution < 1.29 is 14.6 Å². The number of para-hydroxylation sites is 1. The maximum Gasteiger partial charge on any atom is 0.355 e. The molecule has 312 valence electrons. The summed E-state index contributed by atoms with van der Waals surface area (Å²) in [6, 6.07) is 11.7. The SMILES string of the molecule is CC(=NCC1CC2(C)CC3(C)CC1CC(OCCN1CCCCC1)(C2)C3)C(=CN)c1ccc(N2CCCc3c2nnc(Nc2nc4ccccc4s2)c3C)nc1C(=O)O. The number of nitrogens with zero attached hydrogens (tertiary/aromatic N) is 7. The molecule has 5 fully saturated rings. The lowest BCUT2D eigenvalue weighted by Crippen LogP contribution is -2.53. The number of hydrogen-bond acceptors (Lipinski definition) is 12. The van der Waals surface area contributed by atoms with Gasteiger partial charge in [-0.25, -0.2) is 14.8 Å². The number of ether oxygens (including phenoxy) is 1. The number of anilines is 4. The molecule has 59 heavy (non-hydrogen) atoms. The molecule has 4 N–H and O–H groups in total. The molecule has 0 amide bonds. The fourth-order valence-electron chi connectivity index (χ4n) is 12.1. The van der Waals surface area contributed by atoms with Crippen LogP contribution in [0.15, 0.2) is 47.6 Å². The number of pyridine rings is 1. The zero-order valence-corrected chi connectivity index (χ0v) is 35.9. The molecule has 5 unspecified atom stereocenters. The van der Waals surface area contributed by atoms with Crippen molar-refractivity contribution in [2.45, 2.75) is 104 Å². The molecule has 2 aliphatic heterocycles. The number of carbonyl (C=O) groups is 1. The van der Waals surface area contributed by atoms with Crippen LogP contribution in [0.1, 0.15) is 112 Å². The minimum atomic E-state index is -1.12. The van der Waals surface area contributed by atoms with Gasteiger partial charge in [0.25, 0.3) is 0 Å². The number of nitrogens with one attached hydrogen (secondary N) is 1. The predicted octanol–water partition coefficient (Wildman–Crippen LogP) is 8.94. The average molecular weight is 818 g/mol. The Morgan fingerprint density at radius 3 is 2.59 bits per heavy atom. The second kappa shape index (κ2) is 15.9. The van der Waals surface area contributed by atoms with Gasteiger partial charge in [0.1, 0.15) is 5.82 Å². The number of piperidine rings is 1. The van der Waals surface area contributed by atoms with E-state index in [9.17, 15) is 9.90 Å². The highest BCUT2D eigenvalue weighted by Crippen LogP contribution is 2.66. The van der Waals surface area contributed by atoms with Gasteiger partial charge in [-0.3, -0.25) is 4.99 Å². The number of thiazole rings is 1. The van der Waals surface area contributed by atoms with Crippen LogP contribution < -0.4 is 16.0 Å². The van der Waals surface area contributed by atoms with Gasteiger partial charge in [0.05, 0.1) is 22.4 Å². The maximum absolute atomic E-state index is 12.9. The van der Waals surface area contributed by atoms with Gasteiger partial charge in [-0.05, 0) is 138 Å². The second-order valence-corrected chi connectivity index (χ2v) is 20.0. The molecule has 10 rings (SSSR count). The normalized spacial score (nSPS) is 28.5. The Hall–Kier alpha value is -4.46. The van der Waals surface area contributed by atoms with Crippen LogP contribution in [0.25, 0.3) is 15.8 Å². The second-order valence-electron chi connectivity index (χ2n) is 18.9. The predicted molar refractivity (Wildman–Crippen MR) is 236 cm³/mol. The lowest BCUT2D eigenvalue weighted by Gasteiger charge is -2.56. The summed E-state index contributed by atoms with van der Waals surface area (Å²) < 4.78 is 8.11. The lowest BCUT2D eigenvalue weighted by molar-refractivity contribution is -0.166. The molecule has 1 saturated heterocycles. The summed E-state index contributed by atoms with van der Waals surface area (Å²) in [7, 11) is 0. The summed E-state index contributed by atoms with van der Waals surface area (Å²) in [6.07, 6.45) is 14.2. The van der Waals surface area contributed by atoms with E-state index in [0.29, 0.717) is 53.5 Å². The summed E-state index contributed by atoms with van der Waals surface area (Å²) in [6.45, 7) is 14.6. The quantitative estimate of drug-likeness (QED) is 0.117. The van der Waals surface area contributed by atoms with E-state index < -0.39 is 5.97 Å². The van der Waals surface area contributed by atoms with Gasteiger partial charge in [0, 0.05) is 53.8 Å². The van der Waals surface area contributed by atoms with Crippen LogP contribution in [-0.2, 0) is 11.2 Å². The number of carboxylic acids is 1. The molecule has 4 bridgehead atoms. The van der Waals surface area contributed by atoms with Gasteiger partial charge in [0.2, 0.25) is 0 Å². The van der Waals surface area contributed by atoms with Crippen molar-refractivity contribution in [3.8, 4) is 0 Å². The number of likely N-dealkylation sites (tertiary alicyclic amines) is 1. The molecule has 0 spiro atoms. The van der Waals surface area contributed by atoms with Gasteiger partial charge in [-0.1, -0.05) is 43.7 Å². The number of allylic oxidation sites excluding steroid dienone is 1. The summed E-state index contributed by atoms with van der Waals surface area (Å²) >= 11 is 1.58. The van der Waals surface area contributed by atoms with Crippen molar-refractivity contribution >= 4 is 61.4 Å². The first-order valence-corrected chi connectivity index (χ1v) is 22.6. The topological polar surface area (TPSA) is 155 Å². The smallest absolute Gasteiger partial charge is 0.355 e. The van der Waals surface area contributed by atoms with Gasteiger partial charge >= 0.3 is 5.97 Å². The monoisotopic (exact) mass is 817 g/mol. The van der Waals surface area contributed by atoms with Gasteiger partial charge in [-0.15, -0.1) is 10.2 Å². The molecule has 4 aliphatic carbocycles. The number of rotatable bonds is 12. The highest BCUT2D eigenvalue weighted by atomic mass is 32.1. The van der Waals surface area contributed by atoms with Crippen LogP contribution in [0.4, 0.5) is 22.6 Å². The number of aromatic carboxylic acids is 1. The lowest BCUT2D eigenvalue weighted by atomic mass is 9.53. The van der Waals surface area contributed by atoms with Crippen molar-refractivity contribution in [1.29, 1.82) is 0 Å². The summed E-state index contributed by atoms with van der Waals surface area (Å²) in [4.78, 5) is 32.1. The van der Waals surface area contributed by atoms with Crippen LogP contribution in [0.2, 0.25) is 0 Å². The van der Waals surface area contributed by atoms with Crippen LogP contribution in [-0.4, -0.2) is 86.8 Å². The molecule has 6 aliphatic rings. The Morgan fingerprint density at radius 1 is 1.02 bits per heavy atom. The van der Waals surface area contributed by atoms with Crippen LogP contribution in [0.5, 0.6) is 0 Å². The molecular formula is C46H59N9O3S. The Balaban J connectivity index is 0.920. The summed E-state index contributed by atoms with van der Waals surface area (Å²) in [5.74, 6) is 1.72. The molecule has 3 aromatic heterocycles. The highest BCUT2D eigenvalue weighted by molar-refractivity contribution is 7.22. The van der Waals surface area contributed by atoms with Crippen LogP contribution in [0.3, 0.4) is 0 Å². The van der Waals surface area contributed by atoms with Gasteiger partial charge in [0.15, 0.2) is 22.5 Å². The molecule has 5 heterocycles. The summed E-state index contributed by atoms with van der Waals surface area (Å²) in [5.41, 5.74) is 11.5. The van der Waals surface area contributed by atoms with Crippen molar-refractivity contribution in [3.63, 3.8) is 0 Å². The first-order valence-electron chi connectivity index (χ1n) is 21.7. The Bertz CT molecular complexity index is 2270.